The Bertz CT molecular complexity index is 527. The fraction of sp³-hybridized carbons (Fsp3) is 0.235. The first-order chi connectivity index (χ1) is 9.75. The van der Waals surface area contributed by atoms with E-state index in [0.717, 1.165) is 12.0 Å². The van der Waals surface area contributed by atoms with Crippen LogP contribution in [0.5, 0.6) is 0 Å². The molecule has 0 fully saturated rings. The maximum atomic E-state index is 11.9. The second-order valence-corrected chi connectivity index (χ2v) is 5.22. The number of carbonyl (C=O) groups is 1. The van der Waals surface area contributed by atoms with Crippen LogP contribution in [-0.4, -0.2) is 11.3 Å². The molecule has 2 rings (SSSR count). The van der Waals surface area contributed by atoms with Crippen molar-refractivity contribution in [2.24, 2.45) is 0 Å². The van der Waals surface area contributed by atoms with Gasteiger partial charge in [0, 0.05) is 6.54 Å². The van der Waals surface area contributed by atoms with E-state index < -0.39 is 5.38 Å². The van der Waals surface area contributed by atoms with Crippen molar-refractivity contribution in [3.63, 3.8) is 0 Å². The largest absolute Gasteiger partial charge is 0.351 e. The highest BCUT2D eigenvalue weighted by atomic mass is 35.5. The second-order valence-electron chi connectivity index (χ2n) is 4.70. The number of hydrogen-bond donors (Lipinski definition) is 1. The van der Waals surface area contributed by atoms with Gasteiger partial charge in [0.15, 0.2) is 0 Å². The van der Waals surface area contributed by atoms with E-state index in [0.29, 0.717) is 13.0 Å². The third kappa shape index (κ3) is 4.71. The molecule has 1 N–H and O–H groups in total. The first kappa shape index (κ1) is 14.6. The van der Waals surface area contributed by atoms with Crippen molar-refractivity contribution in [1.82, 2.24) is 5.32 Å². The zero-order valence-electron chi connectivity index (χ0n) is 11.3. The summed E-state index contributed by atoms with van der Waals surface area (Å²) in [6.45, 7) is 0.522. The van der Waals surface area contributed by atoms with Crippen LogP contribution in [0.25, 0.3) is 0 Å². The summed E-state index contributed by atoms with van der Waals surface area (Å²) < 4.78 is 0. The van der Waals surface area contributed by atoms with E-state index in [-0.39, 0.29) is 5.91 Å². The fourth-order valence-corrected chi connectivity index (χ4v) is 2.15. The van der Waals surface area contributed by atoms with Gasteiger partial charge < -0.3 is 5.32 Å². The van der Waals surface area contributed by atoms with Crippen molar-refractivity contribution in [1.29, 1.82) is 0 Å². The van der Waals surface area contributed by atoms with Gasteiger partial charge >= 0.3 is 0 Å². The van der Waals surface area contributed by atoms with Gasteiger partial charge in [-0.1, -0.05) is 60.7 Å². The molecule has 20 heavy (non-hydrogen) atoms. The molecule has 0 bridgehead atoms. The van der Waals surface area contributed by atoms with Gasteiger partial charge in [0.05, 0.1) is 0 Å². The highest BCUT2D eigenvalue weighted by Gasteiger charge is 2.14. The number of rotatable bonds is 6. The number of halogens is 1. The monoisotopic (exact) mass is 287 g/mol. The minimum atomic E-state index is -0.487. The van der Waals surface area contributed by atoms with Crippen LogP contribution in [0.1, 0.15) is 17.5 Å². The van der Waals surface area contributed by atoms with Gasteiger partial charge in [-0.25, -0.2) is 0 Å². The van der Waals surface area contributed by atoms with Gasteiger partial charge in [-0.2, -0.15) is 0 Å². The van der Waals surface area contributed by atoms with Crippen LogP contribution in [0.15, 0.2) is 60.7 Å². The molecule has 2 nitrogen and oxygen atoms in total. The normalized spacial score (nSPS) is 11.8. The van der Waals surface area contributed by atoms with E-state index in [1.54, 1.807) is 0 Å². The Morgan fingerprint density at radius 3 is 2.10 bits per heavy atom. The molecule has 0 aliphatic carbocycles. The third-order valence-electron chi connectivity index (χ3n) is 3.12. The van der Waals surface area contributed by atoms with E-state index in [9.17, 15) is 4.79 Å². The number of benzene rings is 2. The van der Waals surface area contributed by atoms with Crippen LogP contribution in [0.3, 0.4) is 0 Å². The number of aryl methyl sites for hydroxylation is 1. The molecule has 0 aliphatic rings. The van der Waals surface area contributed by atoms with Crippen molar-refractivity contribution in [3.05, 3.63) is 71.8 Å². The van der Waals surface area contributed by atoms with E-state index >= 15 is 0 Å². The first-order valence-electron chi connectivity index (χ1n) is 6.75. The van der Waals surface area contributed by atoms with Crippen molar-refractivity contribution < 1.29 is 4.79 Å². The zero-order valence-corrected chi connectivity index (χ0v) is 12.0. The molecule has 0 saturated carbocycles. The molecule has 1 unspecified atom stereocenters. The Balaban J connectivity index is 1.75. The van der Waals surface area contributed by atoms with Crippen LogP contribution < -0.4 is 5.32 Å². The predicted octanol–water partition coefficient (Wildman–Crippen LogP) is 3.54. The van der Waals surface area contributed by atoms with Crippen LogP contribution in [0.2, 0.25) is 0 Å². The summed E-state index contributed by atoms with van der Waals surface area (Å²) in [6, 6.07) is 19.9. The van der Waals surface area contributed by atoms with Crippen LogP contribution in [-0.2, 0) is 17.8 Å². The second kappa shape index (κ2) is 7.71. The predicted molar refractivity (Wildman–Crippen MR) is 82.7 cm³/mol. The Morgan fingerprint density at radius 2 is 1.50 bits per heavy atom. The standard InChI is InChI=1S/C17H18ClNO/c18-16(12-11-14-7-3-1-4-8-14)17(20)19-13-15-9-5-2-6-10-15/h1-10,16H,11-13H2,(H,19,20). The Labute approximate surface area is 124 Å². The van der Waals surface area contributed by atoms with E-state index in [4.69, 9.17) is 11.6 Å². The van der Waals surface area contributed by atoms with Crippen molar-refractivity contribution in [2.45, 2.75) is 24.8 Å². The van der Waals surface area contributed by atoms with Gasteiger partial charge in [0.1, 0.15) is 5.38 Å². The maximum absolute atomic E-state index is 11.9. The summed E-state index contributed by atoms with van der Waals surface area (Å²) in [5.41, 5.74) is 2.28. The molecule has 0 aromatic heterocycles. The number of amides is 1. The van der Waals surface area contributed by atoms with Gasteiger partial charge in [-0.15, -0.1) is 11.6 Å². The van der Waals surface area contributed by atoms with Gasteiger partial charge in [-0.05, 0) is 24.0 Å². The Kier molecular flexibility index (Phi) is 5.63. The van der Waals surface area contributed by atoms with E-state index in [1.165, 1.54) is 5.56 Å². The van der Waals surface area contributed by atoms with Gasteiger partial charge in [0.2, 0.25) is 5.91 Å². The molecule has 0 saturated heterocycles. The van der Waals surface area contributed by atoms with Crippen LogP contribution in [0.4, 0.5) is 0 Å². The van der Waals surface area contributed by atoms with Crippen molar-refractivity contribution in [2.75, 3.05) is 0 Å². The fourth-order valence-electron chi connectivity index (χ4n) is 1.96. The molecule has 1 amide bonds. The molecule has 1 atom stereocenters. The molecular weight excluding hydrogens is 270 g/mol. The van der Waals surface area contributed by atoms with Crippen molar-refractivity contribution >= 4 is 17.5 Å². The van der Waals surface area contributed by atoms with Crippen molar-refractivity contribution in [3.8, 4) is 0 Å². The maximum Gasteiger partial charge on any atom is 0.238 e. The highest BCUT2D eigenvalue weighted by Crippen LogP contribution is 2.10. The number of nitrogens with one attached hydrogen (secondary N) is 1. The summed E-state index contributed by atoms with van der Waals surface area (Å²) in [6.07, 6.45) is 1.46. The minimum absolute atomic E-state index is 0.105. The summed E-state index contributed by atoms with van der Waals surface area (Å²) >= 11 is 6.14. The average Bonchev–Trinajstić information content (AvgIpc) is 2.52. The number of hydrogen-bond acceptors (Lipinski definition) is 1. The lowest BCUT2D eigenvalue weighted by molar-refractivity contribution is -0.121. The molecule has 2 aromatic rings. The molecule has 0 heterocycles. The lowest BCUT2D eigenvalue weighted by atomic mass is 10.1. The third-order valence-corrected chi connectivity index (χ3v) is 3.54. The topological polar surface area (TPSA) is 29.1 Å². The summed E-state index contributed by atoms with van der Waals surface area (Å²) in [7, 11) is 0. The summed E-state index contributed by atoms with van der Waals surface area (Å²) in [5.74, 6) is -0.105. The Hall–Kier alpha value is -1.80. The molecule has 0 spiro atoms. The number of carbonyl (C=O) groups excluding carboxylic acids is 1. The first-order valence-corrected chi connectivity index (χ1v) is 7.19. The lowest BCUT2D eigenvalue weighted by Crippen LogP contribution is -2.31. The summed E-state index contributed by atoms with van der Waals surface area (Å²) in [5, 5.41) is 2.38. The highest BCUT2D eigenvalue weighted by molar-refractivity contribution is 6.30. The van der Waals surface area contributed by atoms with Crippen LogP contribution in [0, 0.1) is 0 Å². The molecule has 104 valence electrons. The minimum Gasteiger partial charge on any atom is -0.351 e. The zero-order chi connectivity index (χ0) is 14.2. The van der Waals surface area contributed by atoms with E-state index in [2.05, 4.69) is 5.32 Å². The Morgan fingerprint density at radius 1 is 0.950 bits per heavy atom. The quantitative estimate of drug-likeness (QED) is 0.809. The molecule has 0 radical (unpaired) electrons. The molecule has 3 heteroatoms. The van der Waals surface area contributed by atoms with Gasteiger partial charge in [0.25, 0.3) is 0 Å². The van der Waals surface area contributed by atoms with Crippen LogP contribution >= 0.6 is 11.6 Å². The van der Waals surface area contributed by atoms with E-state index in [1.807, 2.05) is 60.7 Å². The number of alkyl halides is 1. The summed E-state index contributed by atoms with van der Waals surface area (Å²) in [4.78, 5) is 11.9. The van der Waals surface area contributed by atoms with Gasteiger partial charge in [-0.3, -0.25) is 4.79 Å². The molecular formula is C17H18ClNO. The average molecular weight is 288 g/mol. The lowest BCUT2D eigenvalue weighted by Gasteiger charge is -2.10. The molecule has 0 aliphatic heterocycles. The molecule has 2 aromatic carbocycles. The SMILES string of the molecule is O=C(NCc1ccccc1)C(Cl)CCc1ccccc1. The smallest absolute Gasteiger partial charge is 0.238 e.